The van der Waals surface area contributed by atoms with E-state index in [2.05, 4.69) is 10.1 Å². The second-order valence-corrected chi connectivity index (χ2v) is 2.99. The fourth-order valence-electron chi connectivity index (χ4n) is 1.03. The van der Waals surface area contributed by atoms with Crippen LogP contribution >= 0.6 is 11.6 Å². The molecule has 14 heavy (non-hydrogen) atoms. The maximum atomic E-state index is 12.0. The molecule has 0 amide bonds. The highest BCUT2D eigenvalue weighted by Gasteiger charge is 2.09. The van der Waals surface area contributed by atoms with Gasteiger partial charge in [0.2, 0.25) is 0 Å². The number of ether oxygens (including phenoxy) is 1. The van der Waals surface area contributed by atoms with Gasteiger partial charge in [-0.05, 0) is 25.1 Å². The molecular formula is C9H10ClF2NO. The third kappa shape index (κ3) is 3.03. The van der Waals surface area contributed by atoms with Gasteiger partial charge in [-0.1, -0.05) is 11.6 Å². The van der Waals surface area contributed by atoms with Crippen molar-refractivity contribution in [3.63, 3.8) is 0 Å². The lowest BCUT2D eigenvalue weighted by molar-refractivity contribution is -0.0493. The molecule has 0 aliphatic rings. The van der Waals surface area contributed by atoms with Crippen LogP contribution in [-0.4, -0.2) is 13.2 Å². The highest BCUT2D eigenvalue weighted by atomic mass is 35.5. The number of benzene rings is 1. The Hall–Kier alpha value is -1.03. The smallest absolute Gasteiger partial charge is 0.387 e. The van der Waals surface area contributed by atoms with Crippen LogP contribution in [0.1, 0.15) is 6.92 Å². The fourth-order valence-corrected chi connectivity index (χ4v) is 1.20. The van der Waals surface area contributed by atoms with Crippen LogP contribution in [0, 0.1) is 0 Å². The molecule has 0 aliphatic carbocycles. The largest absolute Gasteiger partial charge is 0.433 e. The molecule has 2 nitrogen and oxygen atoms in total. The first kappa shape index (κ1) is 11.0. The Morgan fingerprint density at radius 2 is 2.21 bits per heavy atom. The molecule has 0 saturated heterocycles. The van der Waals surface area contributed by atoms with Crippen molar-refractivity contribution in [2.45, 2.75) is 13.5 Å². The summed E-state index contributed by atoms with van der Waals surface area (Å²) in [6.45, 7) is -0.360. The van der Waals surface area contributed by atoms with E-state index in [-0.39, 0.29) is 5.75 Å². The van der Waals surface area contributed by atoms with E-state index in [0.717, 1.165) is 0 Å². The van der Waals surface area contributed by atoms with E-state index in [1.165, 1.54) is 12.1 Å². The van der Waals surface area contributed by atoms with Crippen molar-refractivity contribution in [3.8, 4) is 5.75 Å². The number of halogens is 3. The number of rotatable bonds is 4. The summed E-state index contributed by atoms with van der Waals surface area (Å²) < 4.78 is 28.2. The minimum absolute atomic E-state index is 0.103. The van der Waals surface area contributed by atoms with Crippen LogP contribution in [0.25, 0.3) is 0 Å². The molecular weight excluding hydrogens is 212 g/mol. The summed E-state index contributed by atoms with van der Waals surface area (Å²) in [4.78, 5) is 0. The summed E-state index contributed by atoms with van der Waals surface area (Å²) in [7, 11) is 0. The number of anilines is 1. The Morgan fingerprint density at radius 1 is 1.50 bits per heavy atom. The molecule has 0 saturated carbocycles. The number of hydrogen-bond donors (Lipinski definition) is 1. The van der Waals surface area contributed by atoms with Gasteiger partial charge >= 0.3 is 6.61 Å². The molecule has 1 aromatic carbocycles. The number of hydrogen-bond acceptors (Lipinski definition) is 2. The van der Waals surface area contributed by atoms with Crippen molar-refractivity contribution in [2.75, 3.05) is 11.9 Å². The zero-order chi connectivity index (χ0) is 10.6. The molecule has 78 valence electrons. The summed E-state index contributed by atoms with van der Waals surface area (Å²) in [5.41, 5.74) is 0.473. The molecule has 0 fully saturated rings. The zero-order valence-corrected chi connectivity index (χ0v) is 8.31. The van der Waals surface area contributed by atoms with Gasteiger partial charge in [0.1, 0.15) is 5.75 Å². The van der Waals surface area contributed by atoms with E-state index in [9.17, 15) is 8.78 Å². The van der Waals surface area contributed by atoms with E-state index < -0.39 is 6.61 Å². The molecule has 1 rings (SSSR count). The summed E-state index contributed by atoms with van der Waals surface area (Å²) in [5, 5.41) is 3.35. The van der Waals surface area contributed by atoms with E-state index in [1.807, 2.05) is 6.92 Å². The van der Waals surface area contributed by atoms with Crippen molar-refractivity contribution >= 4 is 17.3 Å². The third-order valence-electron chi connectivity index (χ3n) is 1.52. The average Bonchev–Trinajstić information content (AvgIpc) is 2.09. The van der Waals surface area contributed by atoms with Gasteiger partial charge in [0.05, 0.1) is 5.69 Å². The van der Waals surface area contributed by atoms with Crippen LogP contribution in [0.5, 0.6) is 5.75 Å². The topological polar surface area (TPSA) is 21.3 Å². The molecule has 0 spiro atoms. The van der Waals surface area contributed by atoms with Gasteiger partial charge in [0.15, 0.2) is 0 Å². The Morgan fingerprint density at radius 3 is 2.79 bits per heavy atom. The molecule has 0 aliphatic heterocycles. The predicted molar refractivity (Wildman–Crippen MR) is 52.2 cm³/mol. The summed E-state index contributed by atoms with van der Waals surface area (Å²) in [5.74, 6) is 0.103. The zero-order valence-electron chi connectivity index (χ0n) is 7.56. The first-order valence-electron chi connectivity index (χ1n) is 4.11. The average molecular weight is 222 g/mol. The second kappa shape index (κ2) is 5.00. The Bertz CT molecular complexity index is 307. The van der Waals surface area contributed by atoms with E-state index >= 15 is 0 Å². The quantitative estimate of drug-likeness (QED) is 0.842. The lowest BCUT2D eigenvalue weighted by atomic mass is 10.3. The Balaban J connectivity index is 2.89. The summed E-state index contributed by atoms with van der Waals surface area (Å²) in [6.07, 6.45) is 0. The summed E-state index contributed by atoms with van der Waals surface area (Å²) in [6, 6.07) is 4.45. The Kier molecular flexibility index (Phi) is 3.95. The van der Waals surface area contributed by atoms with Gasteiger partial charge in [-0.15, -0.1) is 0 Å². The number of nitrogens with one attached hydrogen (secondary N) is 1. The number of alkyl halides is 2. The van der Waals surface area contributed by atoms with Crippen LogP contribution in [0.2, 0.25) is 5.02 Å². The normalized spacial score (nSPS) is 10.4. The van der Waals surface area contributed by atoms with Crippen LogP contribution in [0.15, 0.2) is 18.2 Å². The van der Waals surface area contributed by atoms with Crippen molar-refractivity contribution in [1.29, 1.82) is 0 Å². The SMILES string of the molecule is CCNc1cc(Cl)ccc1OC(F)F. The van der Waals surface area contributed by atoms with Crippen LogP contribution in [-0.2, 0) is 0 Å². The van der Waals surface area contributed by atoms with Crippen molar-refractivity contribution in [2.24, 2.45) is 0 Å². The first-order valence-corrected chi connectivity index (χ1v) is 4.49. The highest BCUT2D eigenvalue weighted by molar-refractivity contribution is 6.30. The Labute approximate surface area is 85.8 Å². The van der Waals surface area contributed by atoms with Crippen LogP contribution in [0.3, 0.4) is 0 Å². The van der Waals surface area contributed by atoms with Gasteiger partial charge in [0.25, 0.3) is 0 Å². The van der Waals surface area contributed by atoms with Crippen LogP contribution in [0.4, 0.5) is 14.5 Å². The molecule has 1 N–H and O–H groups in total. The van der Waals surface area contributed by atoms with Crippen molar-refractivity contribution in [3.05, 3.63) is 23.2 Å². The minimum atomic E-state index is -2.83. The lowest BCUT2D eigenvalue weighted by Crippen LogP contribution is -2.06. The molecule has 0 unspecified atom stereocenters. The molecule has 0 atom stereocenters. The molecule has 5 heteroatoms. The highest BCUT2D eigenvalue weighted by Crippen LogP contribution is 2.28. The summed E-state index contributed by atoms with van der Waals surface area (Å²) >= 11 is 5.71. The molecule has 0 aromatic heterocycles. The monoisotopic (exact) mass is 221 g/mol. The third-order valence-corrected chi connectivity index (χ3v) is 1.76. The second-order valence-electron chi connectivity index (χ2n) is 2.55. The van der Waals surface area contributed by atoms with Gasteiger partial charge in [-0.2, -0.15) is 8.78 Å². The predicted octanol–water partition coefficient (Wildman–Crippen LogP) is 3.37. The standard InChI is InChI=1S/C9H10ClF2NO/c1-2-13-7-5-6(10)3-4-8(7)14-9(11)12/h3-5,9,13H,2H2,1H3. The van der Waals surface area contributed by atoms with Gasteiger partial charge < -0.3 is 10.1 Å². The van der Waals surface area contributed by atoms with Crippen LogP contribution < -0.4 is 10.1 Å². The lowest BCUT2D eigenvalue weighted by Gasteiger charge is -2.11. The molecule has 1 aromatic rings. The molecule has 0 bridgehead atoms. The molecule has 0 heterocycles. The maximum absolute atomic E-state index is 12.0. The van der Waals surface area contributed by atoms with E-state index in [0.29, 0.717) is 17.3 Å². The molecule has 0 radical (unpaired) electrons. The van der Waals surface area contributed by atoms with Gasteiger partial charge in [-0.25, -0.2) is 0 Å². The van der Waals surface area contributed by atoms with Gasteiger partial charge in [-0.3, -0.25) is 0 Å². The fraction of sp³-hybridized carbons (Fsp3) is 0.333. The van der Waals surface area contributed by atoms with Crippen molar-refractivity contribution in [1.82, 2.24) is 0 Å². The van der Waals surface area contributed by atoms with E-state index in [4.69, 9.17) is 11.6 Å². The first-order chi connectivity index (χ1) is 6.63. The minimum Gasteiger partial charge on any atom is -0.433 e. The van der Waals surface area contributed by atoms with Crippen molar-refractivity contribution < 1.29 is 13.5 Å². The van der Waals surface area contributed by atoms with E-state index in [1.54, 1.807) is 6.07 Å². The maximum Gasteiger partial charge on any atom is 0.387 e. The van der Waals surface area contributed by atoms with Gasteiger partial charge in [0, 0.05) is 11.6 Å².